The van der Waals surface area contributed by atoms with Crippen molar-refractivity contribution >= 4 is 27.5 Å². The zero-order valence-electron chi connectivity index (χ0n) is 9.89. The maximum absolute atomic E-state index is 6.18. The van der Waals surface area contributed by atoms with Gasteiger partial charge in [-0.2, -0.15) is 0 Å². The highest BCUT2D eigenvalue weighted by molar-refractivity contribution is 9.10. The first-order chi connectivity index (χ1) is 7.67. The molecular weight excluding hydrogens is 286 g/mol. The Balaban J connectivity index is 2.53. The number of halogens is 2. The minimum absolute atomic E-state index is 0.602. The molecule has 0 heterocycles. The van der Waals surface area contributed by atoms with Gasteiger partial charge in [0.25, 0.3) is 0 Å². The van der Waals surface area contributed by atoms with Gasteiger partial charge in [-0.25, -0.2) is 0 Å². The van der Waals surface area contributed by atoms with Crippen LogP contribution >= 0.6 is 27.5 Å². The lowest BCUT2D eigenvalue weighted by molar-refractivity contribution is 0.481. The molecule has 90 valence electrons. The van der Waals surface area contributed by atoms with Crippen LogP contribution in [0.1, 0.15) is 32.3 Å². The van der Waals surface area contributed by atoms with E-state index in [0.29, 0.717) is 6.04 Å². The SMILES string of the molecule is CCNC(CC)CCc1ccc(Br)cc1Cl. The summed E-state index contributed by atoms with van der Waals surface area (Å²) in [5, 5.41) is 4.34. The van der Waals surface area contributed by atoms with Crippen LogP contribution in [-0.2, 0) is 6.42 Å². The van der Waals surface area contributed by atoms with E-state index in [4.69, 9.17) is 11.6 Å². The largest absolute Gasteiger partial charge is 0.314 e. The van der Waals surface area contributed by atoms with Crippen LogP contribution in [0.3, 0.4) is 0 Å². The Bertz CT molecular complexity index is 328. The monoisotopic (exact) mass is 303 g/mol. The second kappa shape index (κ2) is 7.31. The Morgan fingerprint density at radius 1 is 1.38 bits per heavy atom. The molecule has 1 nitrogen and oxygen atoms in total. The topological polar surface area (TPSA) is 12.0 Å². The molecule has 1 rings (SSSR count). The summed E-state index contributed by atoms with van der Waals surface area (Å²) in [7, 11) is 0. The summed E-state index contributed by atoms with van der Waals surface area (Å²) in [5.74, 6) is 0. The summed E-state index contributed by atoms with van der Waals surface area (Å²) in [6, 6.07) is 6.72. The Hall–Kier alpha value is -0.0500. The number of aryl methyl sites for hydroxylation is 1. The van der Waals surface area contributed by atoms with Gasteiger partial charge in [-0.3, -0.25) is 0 Å². The highest BCUT2D eigenvalue weighted by Crippen LogP contribution is 2.22. The van der Waals surface area contributed by atoms with E-state index in [9.17, 15) is 0 Å². The normalized spacial score (nSPS) is 12.8. The van der Waals surface area contributed by atoms with E-state index >= 15 is 0 Å². The summed E-state index contributed by atoms with van der Waals surface area (Å²) in [6.45, 7) is 5.40. The first-order valence-electron chi connectivity index (χ1n) is 5.84. The maximum atomic E-state index is 6.18. The third kappa shape index (κ3) is 4.44. The molecule has 1 atom stereocenters. The maximum Gasteiger partial charge on any atom is 0.0449 e. The van der Waals surface area contributed by atoms with Crippen molar-refractivity contribution in [1.82, 2.24) is 5.32 Å². The van der Waals surface area contributed by atoms with Crippen molar-refractivity contribution in [1.29, 1.82) is 0 Å². The van der Waals surface area contributed by atoms with E-state index in [1.54, 1.807) is 0 Å². The molecule has 0 aliphatic rings. The van der Waals surface area contributed by atoms with Crippen molar-refractivity contribution in [3.05, 3.63) is 33.3 Å². The Kier molecular flexibility index (Phi) is 6.40. The van der Waals surface area contributed by atoms with Gasteiger partial charge in [0.05, 0.1) is 0 Å². The Morgan fingerprint density at radius 2 is 2.12 bits per heavy atom. The highest BCUT2D eigenvalue weighted by Gasteiger charge is 2.06. The van der Waals surface area contributed by atoms with Gasteiger partial charge in [-0.1, -0.05) is 47.4 Å². The molecule has 0 aromatic heterocycles. The van der Waals surface area contributed by atoms with Crippen molar-refractivity contribution in [2.45, 2.75) is 39.2 Å². The average molecular weight is 305 g/mol. The summed E-state index contributed by atoms with van der Waals surface area (Å²) in [5.41, 5.74) is 1.24. The minimum atomic E-state index is 0.602. The number of rotatable bonds is 6. The van der Waals surface area contributed by atoms with Crippen molar-refractivity contribution < 1.29 is 0 Å². The first kappa shape index (κ1) is 14.0. The van der Waals surface area contributed by atoms with E-state index < -0.39 is 0 Å². The van der Waals surface area contributed by atoms with Crippen molar-refractivity contribution in [3.8, 4) is 0 Å². The van der Waals surface area contributed by atoms with E-state index in [0.717, 1.165) is 28.9 Å². The van der Waals surface area contributed by atoms with Crippen LogP contribution < -0.4 is 5.32 Å². The number of hydrogen-bond donors (Lipinski definition) is 1. The molecule has 1 unspecified atom stereocenters. The first-order valence-corrected chi connectivity index (χ1v) is 7.01. The molecule has 0 amide bonds. The van der Waals surface area contributed by atoms with Crippen molar-refractivity contribution in [2.24, 2.45) is 0 Å². The highest BCUT2D eigenvalue weighted by atomic mass is 79.9. The molecule has 0 radical (unpaired) electrons. The summed E-state index contributed by atoms with van der Waals surface area (Å²) < 4.78 is 1.04. The van der Waals surface area contributed by atoms with E-state index in [1.807, 2.05) is 6.07 Å². The van der Waals surface area contributed by atoms with Gasteiger partial charge >= 0.3 is 0 Å². The lowest BCUT2D eigenvalue weighted by Gasteiger charge is -2.15. The lowest BCUT2D eigenvalue weighted by Crippen LogP contribution is -2.28. The zero-order chi connectivity index (χ0) is 12.0. The Labute approximate surface area is 112 Å². The standard InChI is InChI=1S/C13H19BrClN/c1-3-12(16-4-2)8-6-10-5-7-11(14)9-13(10)15/h5,7,9,12,16H,3-4,6,8H2,1-2H3. The lowest BCUT2D eigenvalue weighted by atomic mass is 10.0. The van der Waals surface area contributed by atoms with Gasteiger partial charge in [0.2, 0.25) is 0 Å². The van der Waals surface area contributed by atoms with Gasteiger partial charge in [0.15, 0.2) is 0 Å². The zero-order valence-corrected chi connectivity index (χ0v) is 12.2. The molecule has 1 aromatic rings. The smallest absolute Gasteiger partial charge is 0.0449 e. The third-order valence-electron chi connectivity index (χ3n) is 2.76. The molecule has 1 aromatic carbocycles. The molecular formula is C13H19BrClN. The molecule has 0 spiro atoms. The quantitative estimate of drug-likeness (QED) is 0.820. The summed E-state index contributed by atoms with van der Waals surface area (Å²) in [4.78, 5) is 0. The molecule has 16 heavy (non-hydrogen) atoms. The van der Waals surface area contributed by atoms with Crippen LogP contribution in [0.2, 0.25) is 5.02 Å². The van der Waals surface area contributed by atoms with Gasteiger partial charge < -0.3 is 5.32 Å². The fraction of sp³-hybridized carbons (Fsp3) is 0.538. The van der Waals surface area contributed by atoms with Gasteiger partial charge in [-0.15, -0.1) is 0 Å². The Morgan fingerprint density at radius 3 is 2.69 bits per heavy atom. The predicted molar refractivity (Wildman–Crippen MR) is 75.2 cm³/mol. The molecule has 0 aliphatic heterocycles. The van der Waals surface area contributed by atoms with Crippen molar-refractivity contribution in [2.75, 3.05) is 6.54 Å². The number of benzene rings is 1. The van der Waals surface area contributed by atoms with Crippen LogP contribution in [-0.4, -0.2) is 12.6 Å². The van der Waals surface area contributed by atoms with Crippen molar-refractivity contribution in [3.63, 3.8) is 0 Å². The molecule has 0 saturated heterocycles. The van der Waals surface area contributed by atoms with E-state index in [2.05, 4.69) is 47.2 Å². The van der Waals surface area contributed by atoms with Crippen LogP contribution in [0.4, 0.5) is 0 Å². The van der Waals surface area contributed by atoms with E-state index in [1.165, 1.54) is 12.0 Å². The summed E-state index contributed by atoms with van der Waals surface area (Å²) >= 11 is 9.60. The molecule has 0 saturated carbocycles. The fourth-order valence-corrected chi connectivity index (χ4v) is 2.56. The van der Waals surface area contributed by atoms with Gasteiger partial charge in [-0.05, 0) is 43.5 Å². The molecule has 0 fully saturated rings. The number of hydrogen-bond acceptors (Lipinski definition) is 1. The predicted octanol–water partition coefficient (Wildman–Crippen LogP) is 4.42. The summed E-state index contributed by atoms with van der Waals surface area (Å²) in [6.07, 6.45) is 3.35. The van der Waals surface area contributed by atoms with Gasteiger partial charge in [0, 0.05) is 15.5 Å². The molecule has 0 bridgehead atoms. The van der Waals surface area contributed by atoms with Crippen LogP contribution in [0.5, 0.6) is 0 Å². The van der Waals surface area contributed by atoms with Crippen LogP contribution in [0.25, 0.3) is 0 Å². The van der Waals surface area contributed by atoms with Crippen LogP contribution in [0.15, 0.2) is 22.7 Å². The molecule has 0 aliphatic carbocycles. The second-order valence-electron chi connectivity index (χ2n) is 3.94. The molecule has 3 heteroatoms. The van der Waals surface area contributed by atoms with E-state index in [-0.39, 0.29) is 0 Å². The number of nitrogens with one attached hydrogen (secondary N) is 1. The fourth-order valence-electron chi connectivity index (χ4n) is 1.79. The van der Waals surface area contributed by atoms with Crippen LogP contribution in [0, 0.1) is 0 Å². The molecule has 1 N–H and O–H groups in total. The second-order valence-corrected chi connectivity index (χ2v) is 5.26. The third-order valence-corrected chi connectivity index (χ3v) is 3.61. The average Bonchev–Trinajstić information content (AvgIpc) is 2.26. The minimum Gasteiger partial charge on any atom is -0.314 e. The van der Waals surface area contributed by atoms with Gasteiger partial charge in [0.1, 0.15) is 0 Å².